The highest BCUT2D eigenvalue weighted by Crippen LogP contribution is 2.21. The standard InChI is InChI=1S/C12H24N2O2/c1-12(14,11(13)15)8-4-5-9-16-10-6-2-3-7-10/h10H,2-9,14H2,1H3,(H2,13,15). The van der Waals surface area contributed by atoms with Gasteiger partial charge in [0, 0.05) is 6.61 Å². The summed E-state index contributed by atoms with van der Waals surface area (Å²) in [7, 11) is 0. The number of primary amides is 1. The number of unbranched alkanes of at least 4 members (excludes halogenated alkanes) is 1. The summed E-state index contributed by atoms with van der Waals surface area (Å²) in [5, 5.41) is 0. The predicted molar refractivity (Wildman–Crippen MR) is 63.8 cm³/mol. The van der Waals surface area contributed by atoms with Crippen LogP contribution in [-0.2, 0) is 9.53 Å². The van der Waals surface area contributed by atoms with E-state index >= 15 is 0 Å². The Bertz CT molecular complexity index is 223. The Morgan fingerprint density at radius 2 is 2.00 bits per heavy atom. The van der Waals surface area contributed by atoms with E-state index in [2.05, 4.69) is 0 Å². The molecule has 1 rings (SSSR count). The maximum absolute atomic E-state index is 11.0. The van der Waals surface area contributed by atoms with Gasteiger partial charge in [0.1, 0.15) is 0 Å². The second-order valence-electron chi connectivity index (χ2n) is 5.02. The van der Waals surface area contributed by atoms with Gasteiger partial charge in [0.2, 0.25) is 5.91 Å². The minimum atomic E-state index is -0.868. The lowest BCUT2D eigenvalue weighted by atomic mass is 9.96. The van der Waals surface area contributed by atoms with Crippen LogP contribution in [0.15, 0.2) is 0 Å². The summed E-state index contributed by atoms with van der Waals surface area (Å²) in [6.45, 7) is 2.46. The van der Waals surface area contributed by atoms with Crippen LogP contribution >= 0.6 is 0 Å². The SMILES string of the molecule is CC(N)(CCCCOC1CCCC1)C(N)=O. The molecule has 0 aromatic heterocycles. The van der Waals surface area contributed by atoms with Crippen molar-refractivity contribution in [3.05, 3.63) is 0 Å². The molecule has 0 saturated heterocycles. The second kappa shape index (κ2) is 6.21. The summed E-state index contributed by atoms with van der Waals surface area (Å²) in [5.41, 5.74) is 10.1. The van der Waals surface area contributed by atoms with Crippen LogP contribution in [0.1, 0.15) is 51.9 Å². The first-order valence-electron chi connectivity index (χ1n) is 6.23. The van der Waals surface area contributed by atoms with Crippen molar-refractivity contribution in [1.29, 1.82) is 0 Å². The lowest BCUT2D eigenvalue weighted by Crippen LogP contribution is -2.49. The maximum atomic E-state index is 11.0. The molecule has 4 nitrogen and oxygen atoms in total. The van der Waals surface area contributed by atoms with Crippen LogP contribution < -0.4 is 11.5 Å². The third kappa shape index (κ3) is 4.49. The Balaban J connectivity index is 2.01. The van der Waals surface area contributed by atoms with Crippen LogP contribution in [0.3, 0.4) is 0 Å². The molecule has 0 radical (unpaired) electrons. The first-order valence-corrected chi connectivity index (χ1v) is 6.23. The number of carbonyl (C=O) groups is 1. The Kier molecular flexibility index (Phi) is 5.22. The molecule has 1 fully saturated rings. The van der Waals surface area contributed by atoms with Crippen molar-refractivity contribution in [2.75, 3.05) is 6.61 Å². The van der Waals surface area contributed by atoms with Gasteiger partial charge in [0.25, 0.3) is 0 Å². The zero-order chi connectivity index (χ0) is 12.0. The van der Waals surface area contributed by atoms with Crippen LogP contribution in [0.2, 0.25) is 0 Å². The molecule has 1 saturated carbocycles. The average molecular weight is 228 g/mol. The smallest absolute Gasteiger partial charge is 0.237 e. The summed E-state index contributed by atoms with van der Waals surface area (Å²) < 4.78 is 5.72. The number of hydrogen-bond donors (Lipinski definition) is 2. The monoisotopic (exact) mass is 228 g/mol. The molecule has 0 aliphatic heterocycles. The lowest BCUT2D eigenvalue weighted by Gasteiger charge is -2.20. The van der Waals surface area contributed by atoms with Gasteiger partial charge in [-0.05, 0) is 39.0 Å². The quantitative estimate of drug-likeness (QED) is 0.645. The Hall–Kier alpha value is -0.610. The highest BCUT2D eigenvalue weighted by molar-refractivity contribution is 5.83. The van der Waals surface area contributed by atoms with E-state index in [0.717, 1.165) is 19.4 Å². The Labute approximate surface area is 97.7 Å². The number of carbonyl (C=O) groups excluding carboxylic acids is 1. The molecule has 0 aromatic carbocycles. The molecule has 0 bridgehead atoms. The Morgan fingerprint density at radius 1 is 1.38 bits per heavy atom. The van der Waals surface area contributed by atoms with Crippen LogP contribution in [0.5, 0.6) is 0 Å². The fourth-order valence-corrected chi connectivity index (χ4v) is 2.02. The van der Waals surface area contributed by atoms with Gasteiger partial charge in [-0.2, -0.15) is 0 Å². The largest absolute Gasteiger partial charge is 0.378 e. The van der Waals surface area contributed by atoms with E-state index in [0.29, 0.717) is 12.5 Å². The van der Waals surface area contributed by atoms with Gasteiger partial charge in [-0.25, -0.2) is 0 Å². The van der Waals surface area contributed by atoms with E-state index < -0.39 is 11.4 Å². The van der Waals surface area contributed by atoms with Crippen LogP contribution in [0, 0.1) is 0 Å². The summed E-state index contributed by atoms with van der Waals surface area (Å²) in [6.07, 6.45) is 7.96. The third-order valence-corrected chi connectivity index (χ3v) is 3.31. The minimum Gasteiger partial charge on any atom is -0.378 e. The normalized spacial score (nSPS) is 20.9. The van der Waals surface area contributed by atoms with Crippen molar-refractivity contribution in [2.45, 2.75) is 63.5 Å². The van der Waals surface area contributed by atoms with Gasteiger partial charge in [-0.1, -0.05) is 12.8 Å². The van der Waals surface area contributed by atoms with Gasteiger partial charge < -0.3 is 16.2 Å². The molecule has 1 unspecified atom stereocenters. The lowest BCUT2D eigenvalue weighted by molar-refractivity contribution is -0.122. The number of nitrogens with two attached hydrogens (primary N) is 2. The second-order valence-corrected chi connectivity index (χ2v) is 5.02. The van der Waals surface area contributed by atoms with Gasteiger partial charge in [-0.3, -0.25) is 4.79 Å². The molecule has 1 aliphatic carbocycles. The van der Waals surface area contributed by atoms with Crippen LogP contribution in [0.4, 0.5) is 0 Å². The number of amides is 1. The summed E-state index contributed by atoms with van der Waals surface area (Å²) in [5.74, 6) is -0.427. The molecule has 1 atom stereocenters. The predicted octanol–water partition coefficient (Wildman–Crippen LogP) is 1.32. The molecule has 0 spiro atoms. The summed E-state index contributed by atoms with van der Waals surface area (Å²) in [6, 6.07) is 0. The van der Waals surface area contributed by atoms with Crippen molar-refractivity contribution in [2.24, 2.45) is 11.5 Å². The molecule has 0 heterocycles. The van der Waals surface area contributed by atoms with Crippen molar-refractivity contribution < 1.29 is 9.53 Å². The highest BCUT2D eigenvalue weighted by atomic mass is 16.5. The zero-order valence-corrected chi connectivity index (χ0v) is 10.2. The van der Waals surface area contributed by atoms with Crippen molar-refractivity contribution in [3.8, 4) is 0 Å². The molecule has 0 aromatic rings. The molecule has 1 amide bonds. The van der Waals surface area contributed by atoms with E-state index in [9.17, 15) is 4.79 Å². The fourth-order valence-electron chi connectivity index (χ4n) is 2.02. The van der Waals surface area contributed by atoms with E-state index in [-0.39, 0.29) is 0 Å². The van der Waals surface area contributed by atoms with Gasteiger partial charge in [0.15, 0.2) is 0 Å². The number of ether oxygens (including phenoxy) is 1. The van der Waals surface area contributed by atoms with Crippen molar-refractivity contribution in [3.63, 3.8) is 0 Å². The molecule has 16 heavy (non-hydrogen) atoms. The summed E-state index contributed by atoms with van der Waals surface area (Å²) >= 11 is 0. The topological polar surface area (TPSA) is 78.3 Å². The molecular formula is C12H24N2O2. The minimum absolute atomic E-state index is 0.427. The van der Waals surface area contributed by atoms with Gasteiger partial charge in [0.05, 0.1) is 11.6 Å². The van der Waals surface area contributed by atoms with Gasteiger partial charge >= 0.3 is 0 Å². The van der Waals surface area contributed by atoms with Crippen LogP contribution in [0.25, 0.3) is 0 Å². The average Bonchev–Trinajstić information content (AvgIpc) is 2.69. The first kappa shape index (κ1) is 13.5. The number of hydrogen-bond acceptors (Lipinski definition) is 3. The van der Waals surface area contributed by atoms with E-state index in [1.54, 1.807) is 6.92 Å². The van der Waals surface area contributed by atoms with Crippen molar-refractivity contribution >= 4 is 5.91 Å². The van der Waals surface area contributed by atoms with Crippen molar-refractivity contribution in [1.82, 2.24) is 0 Å². The maximum Gasteiger partial charge on any atom is 0.237 e. The molecular weight excluding hydrogens is 204 g/mol. The van der Waals surface area contributed by atoms with E-state index in [1.807, 2.05) is 0 Å². The summed E-state index contributed by atoms with van der Waals surface area (Å²) in [4.78, 5) is 11.0. The fraction of sp³-hybridized carbons (Fsp3) is 0.917. The van der Waals surface area contributed by atoms with Gasteiger partial charge in [-0.15, -0.1) is 0 Å². The molecule has 94 valence electrons. The third-order valence-electron chi connectivity index (χ3n) is 3.31. The molecule has 4 N–H and O–H groups in total. The first-order chi connectivity index (χ1) is 7.52. The molecule has 4 heteroatoms. The number of rotatable bonds is 7. The van der Waals surface area contributed by atoms with E-state index in [1.165, 1.54) is 25.7 Å². The highest BCUT2D eigenvalue weighted by Gasteiger charge is 2.24. The van der Waals surface area contributed by atoms with E-state index in [4.69, 9.17) is 16.2 Å². The van der Waals surface area contributed by atoms with Crippen LogP contribution in [-0.4, -0.2) is 24.2 Å². The zero-order valence-electron chi connectivity index (χ0n) is 10.2. The molecule has 1 aliphatic rings. The Morgan fingerprint density at radius 3 is 2.56 bits per heavy atom.